The molecular formula is C15H24N2OS. The van der Waals surface area contributed by atoms with Crippen molar-refractivity contribution >= 4 is 17.6 Å². The first-order valence-electron chi connectivity index (χ1n) is 6.55. The van der Waals surface area contributed by atoms with Gasteiger partial charge in [0, 0.05) is 10.3 Å². The summed E-state index contributed by atoms with van der Waals surface area (Å²) in [6, 6.07) is 6.56. The van der Waals surface area contributed by atoms with Gasteiger partial charge in [-0.25, -0.2) is 0 Å². The molecule has 0 aliphatic rings. The van der Waals surface area contributed by atoms with Gasteiger partial charge >= 0.3 is 0 Å². The summed E-state index contributed by atoms with van der Waals surface area (Å²) in [6.45, 7) is 8.27. The molecule has 1 aromatic carbocycles. The Bertz CT molecular complexity index is 455. The summed E-state index contributed by atoms with van der Waals surface area (Å²) in [5, 5.41) is 11.8. The fraction of sp³-hybridized carbons (Fsp3) is 0.533. The molecule has 3 nitrogen and oxygen atoms in total. The zero-order chi connectivity index (χ0) is 14.5. The summed E-state index contributed by atoms with van der Waals surface area (Å²) in [5.41, 5.74) is 8.10. The van der Waals surface area contributed by atoms with Crippen molar-refractivity contribution in [1.29, 1.82) is 0 Å². The highest BCUT2D eigenvalue weighted by Gasteiger charge is 2.22. The number of rotatable bonds is 6. The molecule has 19 heavy (non-hydrogen) atoms. The van der Waals surface area contributed by atoms with E-state index in [0.29, 0.717) is 5.84 Å². The predicted octanol–water partition coefficient (Wildman–Crippen LogP) is 3.95. The number of benzene rings is 1. The number of nitrogens with two attached hydrogens (primary N) is 1. The zero-order valence-electron chi connectivity index (χ0n) is 12.2. The fourth-order valence-corrected chi connectivity index (χ4v) is 2.72. The molecule has 3 N–H and O–H groups in total. The van der Waals surface area contributed by atoms with E-state index in [1.807, 2.05) is 25.6 Å². The van der Waals surface area contributed by atoms with E-state index in [9.17, 15) is 0 Å². The van der Waals surface area contributed by atoms with Gasteiger partial charge in [0.05, 0.1) is 0 Å². The van der Waals surface area contributed by atoms with Crippen LogP contribution in [0.2, 0.25) is 0 Å². The van der Waals surface area contributed by atoms with Crippen LogP contribution in [0, 0.1) is 19.3 Å². The molecule has 106 valence electrons. The van der Waals surface area contributed by atoms with Crippen molar-refractivity contribution < 1.29 is 5.21 Å². The van der Waals surface area contributed by atoms with E-state index >= 15 is 0 Å². The van der Waals surface area contributed by atoms with E-state index in [4.69, 9.17) is 10.9 Å². The van der Waals surface area contributed by atoms with E-state index in [2.05, 4.69) is 37.2 Å². The fourth-order valence-electron chi connectivity index (χ4n) is 1.77. The van der Waals surface area contributed by atoms with Gasteiger partial charge in [-0.3, -0.25) is 0 Å². The van der Waals surface area contributed by atoms with Gasteiger partial charge in [-0.1, -0.05) is 25.1 Å². The maximum atomic E-state index is 8.72. The van der Waals surface area contributed by atoms with Gasteiger partial charge in [-0.15, -0.1) is 11.8 Å². The van der Waals surface area contributed by atoms with Crippen LogP contribution in [-0.4, -0.2) is 16.8 Å². The van der Waals surface area contributed by atoms with E-state index in [-0.39, 0.29) is 5.41 Å². The number of oxime groups is 1. The van der Waals surface area contributed by atoms with Crippen LogP contribution in [0.1, 0.15) is 37.8 Å². The lowest BCUT2D eigenvalue weighted by molar-refractivity contribution is 0.305. The SMILES string of the molecule is Cc1ccc(SCCCC(C)(C)C(N)=NO)cc1C. The Labute approximate surface area is 120 Å². The van der Waals surface area contributed by atoms with Crippen LogP contribution in [0.15, 0.2) is 28.3 Å². The van der Waals surface area contributed by atoms with Crippen molar-refractivity contribution in [3.63, 3.8) is 0 Å². The molecule has 0 unspecified atom stereocenters. The molecule has 0 fully saturated rings. The summed E-state index contributed by atoms with van der Waals surface area (Å²) >= 11 is 1.86. The van der Waals surface area contributed by atoms with Gasteiger partial charge in [-0.2, -0.15) is 0 Å². The molecule has 0 saturated carbocycles. The first kappa shape index (κ1) is 15.9. The standard InChI is InChI=1S/C15H24N2OS/c1-11-6-7-13(10-12(11)2)19-9-5-8-15(3,4)14(16)17-18/h6-7,10,18H,5,8-9H2,1-4H3,(H2,16,17). The number of aryl methyl sites for hydroxylation is 2. The van der Waals surface area contributed by atoms with Crippen molar-refractivity contribution in [2.24, 2.45) is 16.3 Å². The highest BCUT2D eigenvalue weighted by Crippen LogP contribution is 2.26. The number of hydrogen-bond acceptors (Lipinski definition) is 3. The predicted molar refractivity (Wildman–Crippen MR) is 83.1 cm³/mol. The molecule has 0 saturated heterocycles. The Morgan fingerprint density at radius 3 is 2.58 bits per heavy atom. The van der Waals surface area contributed by atoms with Gasteiger partial charge in [0.1, 0.15) is 5.84 Å². The van der Waals surface area contributed by atoms with Crippen molar-refractivity contribution in [3.05, 3.63) is 29.3 Å². The summed E-state index contributed by atoms with van der Waals surface area (Å²) in [6.07, 6.45) is 1.96. The van der Waals surface area contributed by atoms with E-state index in [0.717, 1.165) is 18.6 Å². The third kappa shape index (κ3) is 4.78. The summed E-state index contributed by atoms with van der Waals surface area (Å²) in [4.78, 5) is 1.31. The first-order valence-corrected chi connectivity index (χ1v) is 7.53. The van der Waals surface area contributed by atoms with Crippen molar-refractivity contribution in [2.45, 2.75) is 45.4 Å². The van der Waals surface area contributed by atoms with Crippen LogP contribution < -0.4 is 5.73 Å². The Morgan fingerprint density at radius 2 is 2.00 bits per heavy atom. The zero-order valence-corrected chi connectivity index (χ0v) is 13.0. The number of amidine groups is 1. The van der Waals surface area contributed by atoms with Crippen molar-refractivity contribution in [3.8, 4) is 0 Å². The van der Waals surface area contributed by atoms with Crippen LogP contribution >= 0.6 is 11.8 Å². The molecule has 0 heterocycles. The normalized spacial score (nSPS) is 12.7. The lowest BCUT2D eigenvalue weighted by Crippen LogP contribution is -2.31. The van der Waals surface area contributed by atoms with Crippen LogP contribution in [0.4, 0.5) is 0 Å². The smallest absolute Gasteiger partial charge is 0.144 e. The molecule has 0 radical (unpaired) electrons. The van der Waals surface area contributed by atoms with Crippen LogP contribution in [-0.2, 0) is 0 Å². The third-order valence-electron chi connectivity index (χ3n) is 3.49. The van der Waals surface area contributed by atoms with Gasteiger partial charge in [0.15, 0.2) is 0 Å². The molecule has 0 atom stereocenters. The second-order valence-corrected chi connectivity index (χ2v) is 6.74. The molecule has 4 heteroatoms. The van der Waals surface area contributed by atoms with Crippen molar-refractivity contribution in [2.75, 3.05) is 5.75 Å². The van der Waals surface area contributed by atoms with Gasteiger partial charge < -0.3 is 10.9 Å². The lowest BCUT2D eigenvalue weighted by Gasteiger charge is -2.22. The summed E-state index contributed by atoms with van der Waals surface area (Å²) < 4.78 is 0. The molecule has 0 aliphatic carbocycles. The highest BCUT2D eigenvalue weighted by molar-refractivity contribution is 7.99. The molecule has 0 aliphatic heterocycles. The van der Waals surface area contributed by atoms with E-state index in [1.54, 1.807) is 0 Å². The minimum absolute atomic E-state index is 0.238. The summed E-state index contributed by atoms with van der Waals surface area (Å²) in [5.74, 6) is 1.36. The van der Waals surface area contributed by atoms with Gasteiger partial charge in [-0.05, 0) is 55.7 Å². The number of hydrogen-bond donors (Lipinski definition) is 2. The largest absolute Gasteiger partial charge is 0.409 e. The second kappa shape index (κ2) is 6.85. The van der Waals surface area contributed by atoms with Crippen LogP contribution in [0.5, 0.6) is 0 Å². The van der Waals surface area contributed by atoms with E-state index < -0.39 is 0 Å². The summed E-state index contributed by atoms with van der Waals surface area (Å²) in [7, 11) is 0. The lowest BCUT2D eigenvalue weighted by atomic mass is 9.87. The average Bonchev–Trinajstić information content (AvgIpc) is 2.37. The quantitative estimate of drug-likeness (QED) is 0.207. The first-order chi connectivity index (χ1) is 8.86. The Hall–Kier alpha value is -1.16. The molecule has 0 bridgehead atoms. The monoisotopic (exact) mass is 280 g/mol. The van der Waals surface area contributed by atoms with Crippen LogP contribution in [0.25, 0.3) is 0 Å². The molecule has 0 spiro atoms. The molecule has 1 rings (SSSR count). The molecule has 0 aromatic heterocycles. The Morgan fingerprint density at radius 1 is 1.32 bits per heavy atom. The number of thioether (sulfide) groups is 1. The number of nitrogens with zero attached hydrogens (tertiary/aromatic N) is 1. The Balaban J connectivity index is 2.41. The molecular weight excluding hydrogens is 256 g/mol. The molecule has 0 amide bonds. The second-order valence-electron chi connectivity index (χ2n) is 5.57. The third-order valence-corrected chi connectivity index (χ3v) is 4.57. The van der Waals surface area contributed by atoms with Gasteiger partial charge in [0.25, 0.3) is 0 Å². The average molecular weight is 280 g/mol. The molecule has 1 aromatic rings. The Kier molecular flexibility index (Phi) is 5.73. The topological polar surface area (TPSA) is 58.6 Å². The van der Waals surface area contributed by atoms with Gasteiger partial charge in [0.2, 0.25) is 0 Å². The minimum Gasteiger partial charge on any atom is -0.409 e. The maximum absolute atomic E-state index is 8.72. The minimum atomic E-state index is -0.238. The van der Waals surface area contributed by atoms with Crippen molar-refractivity contribution in [1.82, 2.24) is 0 Å². The van der Waals surface area contributed by atoms with Crippen LogP contribution in [0.3, 0.4) is 0 Å². The maximum Gasteiger partial charge on any atom is 0.144 e. The highest BCUT2D eigenvalue weighted by atomic mass is 32.2. The van der Waals surface area contributed by atoms with E-state index in [1.165, 1.54) is 16.0 Å².